The van der Waals surface area contributed by atoms with Gasteiger partial charge in [0.25, 0.3) is 15.9 Å². The predicted octanol–water partition coefficient (Wildman–Crippen LogP) is 4.67. The Morgan fingerprint density at radius 3 is 2.37 bits per heavy atom. The van der Waals surface area contributed by atoms with Crippen LogP contribution in [-0.4, -0.2) is 20.4 Å². The molecule has 3 rings (SSSR count). The molecule has 8 heteroatoms. The molecule has 1 amide bonds. The van der Waals surface area contributed by atoms with Gasteiger partial charge in [-0.15, -0.1) is 0 Å². The Labute approximate surface area is 174 Å². The summed E-state index contributed by atoms with van der Waals surface area (Å²) in [5.74, 6) is -0.436. The lowest BCUT2D eigenvalue weighted by molar-refractivity contribution is 0.102. The Morgan fingerprint density at radius 2 is 1.67 bits per heavy atom. The summed E-state index contributed by atoms with van der Waals surface area (Å²) in [6.07, 6.45) is -0.0749. The van der Waals surface area contributed by atoms with Gasteiger partial charge in [-0.2, -0.15) is 0 Å². The van der Waals surface area contributed by atoms with E-state index in [1.807, 2.05) is 13.8 Å². The lowest BCUT2D eigenvalue weighted by Gasteiger charge is -2.15. The normalized spacial score (nSPS) is 11.2. The molecule has 0 fully saturated rings. The molecule has 2 N–H and O–H groups in total. The van der Waals surface area contributed by atoms with E-state index in [4.69, 9.17) is 4.74 Å². The number of benzene rings is 3. The third-order valence-corrected chi connectivity index (χ3v) is 5.38. The smallest absolute Gasteiger partial charge is 0.261 e. The number of anilines is 2. The summed E-state index contributed by atoms with van der Waals surface area (Å²) >= 11 is 0. The van der Waals surface area contributed by atoms with E-state index in [2.05, 4.69) is 10.0 Å². The van der Waals surface area contributed by atoms with E-state index >= 15 is 0 Å². The van der Waals surface area contributed by atoms with Crippen molar-refractivity contribution in [1.29, 1.82) is 0 Å². The summed E-state index contributed by atoms with van der Waals surface area (Å²) in [6, 6.07) is 17.6. The molecule has 0 bridgehead atoms. The summed E-state index contributed by atoms with van der Waals surface area (Å²) in [5, 5.41) is 2.75. The number of nitrogens with one attached hydrogen (secondary N) is 2. The van der Waals surface area contributed by atoms with Gasteiger partial charge >= 0.3 is 0 Å². The summed E-state index contributed by atoms with van der Waals surface area (Å²) < 4.78 is 46.4. The van der Waals surface area contributed by atoms with Gasteiger partial charge in [-0.25, -0.2) is 12.8 Å². The number of hydrogen-bond donors (Lipinski definition) is 2. The zero-order chi connectivity index (χ0) is 21.7. The number of hydrogen-bond acceptors (Lipinski definition) is 4. The van der Waals surface area contributed by atoms with Gasteiger partial charge in [0.1, 0.15) is 11.6 Å². The van der Waals surface area contributed by atoms with E-state index in [1.165, 1.54) is 36.4 Å². The highest BCUT2D eigenvalue weighted by atomic mass is 32.2. The molecule has 30 heavy (non-hydrogen) atoms. The number of para-hydroxylation sites is 2. The van der Waals surface area contributed by atoms with E-state index in [0.29, 0.717) is 11.4 Å². The van der Waals surface area contributed by atoms with Crippen LogP contribution < -0.4 is 14.8 Å². The molecule has 0 radical (unpaired) electrons. The fourth-order valence-corrected chi connectivity index (χ4v) is 3.76. The second-order valence-electron chi connectivity index (χ2n) is 6.76. The molecule has 0 aliphatic heterocycles. The predicted molar refractivity (Wildman–Crippen MR) is 114 cm³/mol. The molecule has 156 valence electrons. The van der Waals surface area contributed by atoms with Crippen LogP contribution in [0.1, 0.15) is 24.2 Å². The standard InChI is InChI=1S/C22H21FN2O4S/c1-15(2)29-21-9-4-3-8-20(21)24-22(26)16-6-5-7-19(14-16)30(27,28)25-18-12-10-17(23)11-13-18/h3-15,25H,1-2H3,(H,24,26). The van der Waals surface area contributed by atoms with Gasteiger partial charge in [0.15, 0.2) is 0 Å². The van der Waals surface area contributed by atoms with E-state index in [1.54, 1.807) is 24.3 Å². The van der Waals surface area contributed by atoms with E-state index in [9.17, 15) is 17.6 Å². The highest BCUT2D eigenvalue weighted by Crippen LogP contribution is 2.26. The van der Waals surface area contributed by atoms with Crippen LogP contribution in [-0.2, 0) is 10.0 Å². The van der Waals surface area contributed by atoms with Crippen molar-refractivity contribution in [2.45, 2.75) is 24.8 Å². The highest BCUT2D eigenvalue weighted by Gasteiger charge is 2.17. The fraction of sp³-hybridized carbons (Fsp3) is 0.136. The Morgan fingerprint density at radius 1 is 0.967 bits per heavy atom. The molecule has 0 heterocycles. The maximum absolute atomic E-state index is 13.0. The topological polar surface area (TPSA) is 84.5 Å². The number of rotatable bonds is 7. The number of carbonyl (C=O) groups excluding carboxylic acids is 1. The molecule has 0 aromatic heterocycles. The first-order chi connectivity index (χ1) is 14.2. The Kier molecular flexibility index (Phi) is 6.37. The van der Waals surface area contributed by atoms with Gasteiger partial charge in [-0.05, 0) is 68.4 Å². The summed E-state index contributed by atoms with van der Waals surface area (Å²) in [6.45, 7) is 3.75. The first kappa shape index (κ1) is 21.3. The lowest BCUT2D eigenvalue weighted by Crippen LogP contribution is -2.17. The molecule has 0 saturated heterocycles. The van der Waals surface area contributed by atoms with Gasteiger partial charge in [0.05, 0.1) is 16.7 Å². The van der Waals surface area contributed by atoms with Crippen LogP contribution in [0.2, 0.25) is 0 Å². The van der Waals surface area contributed by atoms with Crippen LogP contribution >= 0.6 is 0 Å². The number of halogens is 1. The maximum atomic E-state index is 13.0. The number of amides is 1. The largest absolute Gasteiger partial charge is 0.489 e. The molecule has 3 aromatic rings. The molecule has 0 atom stereocenters. The van der Waals surface area contributed by atoms with Gasteiger partial charge in [-0.1, -0.05) is 18.2 Å². The van der Waals surface area contributed by atoms with Gasteiger partial charge in [0.2, 0.25) is 0 Å². The minimum absolute atomic E-state index is 0.0749. The van der Waals surface area contributed by atoms with Gasteiger partial charge in [0, 0.05) is 11.3 Å². The van der Waals surface area contributed by atoms with Crippen LogP contribution in [0.5, 0.6) is 5.75 Å². The summed E-state index contributed by atoms with van der Waals surface area (Å²) in [7, 11) is -3.96. The second kappa shape index (κ2) is 8.96. The average molecular weight is 428 g/mol. The van der Waals surface area contributed by atoms with Crippen molar-refractivity contribution in [1.82, 2.24) is 0 Å². The SMILES string of the molecule is CC(C)Oc1ccccc1NC(=O)c1cccc(S(=O)(=O)Nc2ccc(F)cc2)c1. The van der Waals surface area contributed by atoms with E-state index in [-0.39, 0.29) is 22.3 Å². The molecule has 3 aromatic carbocycles. The van der Waals surface area contributed by atoms with Crippen LogP contribution in [0.3, 0.4) is 0 Å². The highest BCUT2D eigenvalue weighted by molar-refractivity contribution is 7.92. The zero-order valence-electron chi connectivity index (χ0n) is 16.4. The zero-order valence-corrected chi connectivity index (χ0v) is 17.2. The van der Waals surface area contributed by atoms with Gasteiger partial charge in [-0.3, -0.25) is 9.52 Å². The van der Waals surface area contributed by atoms with Crippen LogP contribution in [0.15, 0.2) is 77.7 Å². The van der Waals surface area contributed by atoms with Crippen molar-refractivity contribution in [2.24, 2.45) is 0 Å². The number of carbonyl (C=O) groups is 1. The van der Waals surface area contributed by atoms with Crippen molar-refractivity contribution < 1.29 is 22.3 Å². The minimum Gasteiger partial charge on any atom is -0.489 e. The Hall–Kier alpha value is -3.39. The monoisotopic (exact) mass is 428 g/mol. The van der Waals surface area contributed by atoms with E-state index < -0.39 is 21.7 Å². The van der Waals surface area contributed by atoms with Crippen molar-refractivity contribution in [3.63, 3.8) is 0 Å². The molecule has 0 aliphatic carbocycles. The fourth-order valence-electron chi connectivity index (χ4n) is 2.66. The Balaban J connectivity index is 1.81. The average Bonchev–Trinajstić information content (AvgIpc) is 2.71. The third-order valence-electron chi connectivity index (χ3n) is 4.00. The minimum atomic E-state index is -3.96. The molecular weight excluding hydrogens is 407 g/mol. The first-order valence-electron chi connectivity index (χ1n) is 9.20. The first-order valence-corrected chi connectivity index (χ1v) is 10.7. The summed E-state index contributed by atoms with van der Waals surface area (Å²) in [5.41, 5.74) is 0.858. The van der Waals surface area contributed by atoms with Crippen LogP contribution in [0.4, 0.5) is 15.8 Å². The Bertz CT molecular complexity index is 1150. The van der Waals surface area contributed by atoms with Gasteiger partial charge < -0.3 is 10.1 Å². The van der Waals surface area contributed by atoms with Crippen LogP contribution in [0, 0.1) is 5.82 Å². The third kappa shape index (κ3) is 5.36. The molecule has 0 unspecified atom stereocenters. The molecule has 0 aliphatic rings. The van der Waals surface area contributed by atoms with Crippen molar-refractivity contribution in [3.8, 4) is 5.75 Å². The van der Waals surface area contributed by atoms with E-state index in [0.717, 1.165) is 12.1 Å². The summed E-state index contributed by atoms with van der Waals surface area (Å²) in [4.78, 5) is 12.6. The van der Waals surface area contributed by atoms with Crippen molar-refractivity contribution in [3.05, 3.63) is 84.2 Å². The van der Waals surface area contributed by atoms with Crippen LogP contribution in [0.25, 0.3) is 0 Å². The molecular formula is C22H21FN2O4S. The maximum Gasteiger partial charge on any atom is 0.261 e. The van der Waals surface area contributed by atoms with Crippen molar-refractivity contribution >= 4 is 27.3 Å². The second-order valence-corrected chi connectivity index (χ2v) is 8.44. The molecule has 0 saturated carbocycles. The lowest BCUT2D eigenvalue weighted by atomic mass is 10.2. The molecule has 0 spiro atoms. The quantitative estimate of drug-likeness (QED) is 0.573. The molecule has 6 nitrogen and oxygen atoms in total. The number of ether oxygens (including phenoxy) is 1. The van der Waals surface area contributed by atoms with Crippen molar-refractivity contribution in [2.75, 3.05) is 10.0 Å². The number of sulfonamides is 1.